The molecule has 0 amide bonds. The van der Waals surface area contributed by atoms with Crippen molar-refractivity contribution >= 4 is 0 Å². The number of nitrogens with zero attached hydrogens (tertiary/aromatic N) is 1. The van der Waals surface area contributed by atoms with E-state index in [0.717, 1.165) is 37.2 Å². The fourth-order valence-corrected chi connectivity index (χ4v) is 7.28. The molecule has 4 rings (SSSR count). The fraction of sp³-hybridized carbons (Fsp3) is 0.778. The highest BCUT2D eigenvalue weighted by molar-refractivity contribution is 5.33. The molecular weight excluding hydrogens is 389 g/mol. The second kappa shape index (κ2) is 9.49. The van der Waals surface area contributed by atoms with Crippen LogP contribution in [0.3, 0.4) is 0 Å². The Morgan fingerprint density at radius 1 is 1.13 bits per heavy atom. The average molecular weight is 432 g/mol. The summed E-state index contributed by atoms with van der Waals surface area (Å²) >= 11 is 0. The highest BCUT2D eigenvalue weighted by Gasteiger charge is 2.50. The number of aliphatic hydroxyl groups excluding tert-OH is 2. The molecule has 174 valence electrons. The second-order valence-electron chi connectivity index (χ2n) is 11.1. The first-order valence-corrected chi connectivity index (χ1v) is 12.6. The van der Waals surface area contributed by atoms with Gasteiger partial charge in [-0.25, -0.2) is 4.39 Å². The number of aliphatic hydroxyl groups is 2. The first kappa shape index (κ1) is 23.2. The van der Waals surface area contributed by atoms with E-state index in [1.807, 2.05) is 6.08 Å². The van der Waals surface area contributed by atoms with Gasteiger partial charge in [-0.3, -0.25) is 0 Å². The van der Waals surface area contributed by atoms with E-state index in [9.17, 15) is 14.6 Å². The number of allylic oxidation sites excluding steroid dienone is 3. The number of piperidine rings is 1. The third kappa shape index (κ3) is 4.72. The van der Waals surface area contributed by atoms with Gasteiger partial charge in [0.05, 0.1) is 12.2 Å². The number of alkyl halides is 1. The Bertz CT molecular complexity index is 723. The maximum Gasteiger partial charge on any atom is 0.103 e. The minimum Gasteiger partial charge on any atom is -0.389 e. The monoisotopic (exact) mass is 431 g/mol. The molecule has 1 aliphatic heterocycles. The highest BCUT2D eigenvalue weighted by Crippen LogP contribution is 2.59. The molecule has 31 heavy (non-hydrogen) atoms. The maximum absolute atomic E-state index is 13.5. The van der Waals surface area contributed by atoms with E-state index in [4.69, 9.17) is 0 Å². The van der Waals surface area contributed by atoms with E-state index >= 15 is 0 Å². The zero-order chi connectivity index (χ0) is 22.2. The summed E-state index contributed by atoms with van der Waals surface area (Å²) in [6, 6.07) is 0. The summed E-state index contributed by atoms with van der Waals surface area (Å²) < 4.78 is 13.5. The lowest BCUT2D eigenvalue weighted by Crippen LogP contribution is -2.42. The molecule has 0 radical (unpaired) electrons. The van der Waals surface area contributed by atoms with Gasteiger partial charge in [-0.05, 0) is 92.1 Å². The van der Waals surface area contributed by atoms with E-state index < -0.39 is 18.4 Å². The van der Waals surface area contributed by atoms with Crippen LogP contribution in [0.25, 0.3) is 0 Å². The van der Waals surface area contributed by atoms with Crippen LogP contribution in [0.1, 0.15) is 71.6 Å². The van der Waals surface area contributed by atoms with Crippen LogP contribution >= 0.6 is 0 Å². The lowest BCUT2D eigenvalue weighted by atomic mass is 9.61. The van der Waals surface area contributed by atoms with Crippen molar-refractivity contribution in [3.8, 4) is 0 Å². The molecular formula is C27H42FNO2. The molecule has 4 heteroatoms. The van der Waals surface area contributed by atoms with E-state index in [0.29, 0.717) is 48.9 Å². The third-order valence-corrected chi connectivity index (χ3v) is 9.10. The molecule has 4 fully saturated rings. The maximum atomic E-state index is 13.5. The van der Waals surface area contributed by atoms with Gasteiger partial charge in [0.25, 0.3) is 0 Å². The number of rotatable bonds is 4. The molecule has 0 spiro atoms. The number of likely N-dealkylation sites (tertiary alicyclic amines) is 1. The Balaban J connectivity index is 1.46. The van der Waals surface area contributed by atoms with Crippen LogP contribution in [-0.4, -0.2) is 53.1 Å². The van der Waals surface area contributed by atoms with Crippen molar-refractivity contribution in [3.63, 3.8) is 0 Å². The normalized spacial score (nSPS) is 41.6. The van der Waals surface area contributed by atoms with Gasteiger partial charge in [0.15, 0.2) is 0 Å². The molecule has 0 aromatic carbocycles. The highest BCUT2D eigenvalue weighted by atomic mass is 19.1. The van der Waals surface area contributed by atoms with Gasteiger partial charge >= 0.3 is 0 Å². The minimum atomic E-state index is -0.708. The lowest BCUT2D eigenvalue weighted by molar-refractivity contribution is 0.0647. The van der Waals surface area contributed by atoms with Crippen molar-refractivity contribution in [2.75, 3.05) is 19.6 Å². The standard InChI is InChI=1S/C27H42FNO2/c1-18-6-11-25(30)22(26(18)31)8-7-20-5-4-14-27(3)23(9-10-24(20)27)19(2)17-29-15-12-21(28)13-16-29/h7-8,19,21,23-26,30-31H,1,4-6,9-17H2,2-3H3/b20-7+,22-8+/t19-,23+,24-,25?,26?,27+/m0/s1. The number of hydrogen-bond donors (Lipinski definition) is 2. The van der Waals surface area contributed by atoms with Crippen LogP contribution in [0.4, 0.5) is 4.39 Å². The van der Waals surface area contributed by atoms with Gasteiger partial charge < -0.3 is 15.1 Å². The van der Waals surface area contributed by atoms with Crippen molar-refractivity contribution in [2.24, 2.45) is 23.2 Å². The SMILES string of the molecule is C=C1CCC(O)/C(=C\C=C2/CCC[C@]3(C)[C@@H]([C@@H](C)CN4CCC(F)CC4)CC[C@@H]23)C1O. The quantitative estimate of drug-likeness (QED) is 0.602. The summed E-state index contributed by atoms with van der Waals surface area (Å²) in [6.45, 7) is 11.8. The summed E-state index contributed by atoms with van der Waals surface area (Å²) in [5.74, 6) is 1.94. The molecule has 0 bridgehead atoms. The van der Waals surface area contributed by atoms with Crippen molar-refractivity contribution in [3.05, 3.63) is 35.5 Å². The van der Waals surface area contributed by atoms with Gasteiger partial charge in [0.1, 0.15) is 6.17 Å². The fourth-order valence-electron chi connectivity index (χ4n) is 7.28. The Morgan fingerprint density at radius 3 is 2.61 bits per heavy atom. The zero-order valence-corrected chi connectivity index (χ0v) is 19.5. The number of fused-ring (bicyclic) bond motifs is 1. The summed E-state index contributed by atoms with van der Waals surface area (Å²) in [6.07, 6.45) is 11.3. The Morgan fingerprint density at radius 2 is 1.87 bits per heavy atom. The second-order valence-corrected chi connectivity index (χ2v) is 11.1. The van der Waals surface area contributed by atoms with Crippen LogP contribution in [-0.2, 0) is 0 Å². The third-order valence-electron chi connectivity index (χ3n) is 9.10. The topological polar surface area (TPSA) is 43.7 Å². The van der Waals surface area contributed by atoms with Gasteiger partial charge in [0.2, 0.25) is 0 Å². The molecule has 2 unspecified atom stereocenters. The summed E-state index contributed by atoms with van der Waals surface area (Å²) in [7, 11) is 0. The van der Waals surface area contributed by atoms with Crippen LogP contribution in [0, 0.1) is 23.2 Å². The van der Waals surface area contributed by atoms with Crippen LogP contribution < -0.4 is 0 Å². The molecule has 3 aliphatic carbocycles. The first-order chi connectivity index (χ1) is 14.8. The average Bonchev–Trinajstić information content (AvgIpc) is 3.10. The lowest BCUT2D eigenvalue weighted by Gasteiger charge is -2.45. The Hall–Kier alpha value is -0.970. The Kier molecular flexibility index (Phi) is 7.10. The molecule has 2 N–H and O–H groups in total. The molecule has 0 aromatic heterocycles. The van der Waals surface area contributed by atoms with Crippen molar-refractivity contribution in [1.82, 2.24) is 4.90 Å². The molecule has 1 heterocycles. The van der Waals surface area contributed by atoms with Crippen LogP contribution in [0.5, 0.6) is 0 Å². The van der Waals surface area contributed by atoms with E-state index in [1.54, 1.807) is 0 Å². The van der Waals surface area contributed by atoms with Gasteiger partial charge in [-0.15, -0.1) is 0 Å². The van der Waals surface area contributed by atoms with Crippen molar-refractivity contribution in [2.45, 2.75) is 90.0 Å². The molecule has 0 aromatic rings. The number of halogens is 1. The summed E-state index contributed by atoms with van der Waals surface area (Å²) in [4.78, 5) is 2.49. The van der Waals surface area contributed by atoms with Gasteiger partial charge in [-0.1, -0.05) is 38.2 Å². The predicted molar refractivity (Wildman–Crippen MR) is 124 cm³/mol. The minimum absolute atomic E-state index is 0.327. The Labute approximate surface area is 188 Å². The van der Waals surface area contributed by atoms with Gasteiger partial charge in [0, 0.05) is 19.6 Å². The summed E-state index contributed by atoms with van der Waals surface area (Å²) in [5.41, 5.74) is 3.36. The van der Waals surface area contributed by atoms with Crippen molar-refractivity contribution < 1.29 is 14.6 Å². The smallest absolute Gasteiger partial charge is 0.103 e. The predicted octanol–water partition coefficient (Wildman–Crippen LogP) is 5.20. The van der Waals surface area contributed by atoms with E-state index in [1.165, 1.54) is 31.3 Å². The first-order valence-electron chi connectivity index (χ1n) is 12.6. The molecule has 1 saturated heterocycles. The van der Waals surface area contributed by atoms with Crippen LogP contribution in [0.15, 0.2) is 35.5 Å². The largest absolute Gasteiger partial charge is 0.389 e. The summed E-state index contributed by atoms with van der Waals surface area (Å²) in [5, 5.41) is 20.9. The van der Waals surface area contributed by atoms with Crippen LogP contribution in [0.2, 0.25) is 0 Å². The van der Waals surface area contributed by atoms with E-state index in [-0.39, 0.29) is 0 Å². The number of hydrogen-bond acceptors (Lipinski definition) is 3. The zero-order valence-electron chi connectivity index (χ0n) is 19.5. The van der Waals surface area contributed by atoms with E-state index in [2.05, 4.69) is 31.4 Å². The molecule has 6 atom stereocenters. The van der Waals surface area contributed by atoms with Crippen molar-refractivity contribution in [1.29, 1.82) is 0 Å². The molecule has 3 saturated carbocycles. The van der Waals surface area contributed by atoms with Gasteiger partial charge in [-0.2, -0.15) is 0 Å². The molecule has 4 aliphatic rings. The molecule has 3 nitrogen and oxygen atoms in total.